The second-order valence-corrected chi connectivity index (χ2v) is 9.48. The minimum Gasteiger partial charge on any atom is -0.344 e. The summed E-state index contributed by atoms with van der Waals surface area (Å²) < 4.78 is 1.95. The highest BCUT2D eigenvalue weighted by Crippen LogP contribution is 2.29. The zero-order valence-electron chi connectivity index (χ0n) is 18.8. The van der Waals surface area contributed by atoms with Crippen LogP contribution < -0.4 is 5.32 Å². The Morgan fingerprint density at radius 2 is 1.59 bits per heavy atom. The van der Waals surface area contributed by atoms with Gasteiger partial charge in [0, 0.05) is 17.1 Å². The van der Waals surface area contributed by atoms with Crippen molar-refractivity contribution in [1.29, 1.82) is 0 Å². The van der Waals surface area contributed by atoms with Crippen molar-refractivity contribution in [2.75, 3.05) is 0 Å². The van der Waals surface area contributed by atoms with E-state index in [1.165, 1.54) is 11.8 Å². The number of amides is 1. The van der Waals surface area contributed by atoms with E-state index in [1.807, 2.05) is 96.4 Å². The molecule has 0 bridgehead atoms. The lowest BCUT2D eigenvalue weighted by molar-refractivity contribution is -0.120. The monoisotopic (exact) mass is 488 g/mol. The Balaban J connectivity index is 1.55. The van der Waals surface area contributed by atoms with E-state index in [9.17, 15) is 4.79 Å². The molecule has 1 amide bonds. The van der Waals surface area contributed by atoms with Crippen molar-refractivity contribution in [2.24, 2.45) is 0 Å². The zero-order chi connectivity index (χ0) is 23.9. The minimum absolute atomic E-state index is 0.0797. The van der Waals surface area contributed by atoms with Crippen molar-refractivity contribution in [3.05, 3.63) is 114 Å². The van der Waals surface area contributed by atoms with Crippen molar-refractivity contribution in [3.8, 4) is 11.4 Å². The smallest absolute Gasteiger partial charge is 0.234 e. The van der Waals surface area contributed by atoms with E-state index in [4.69, 9.17) is 11.6 Å². The topological polar surface area (TPSA) is 59.8 Å². The number of hydrogen-bond acceptors (Lipinski definition) is 4. The van der Waals surface area contributed by atoms with Gasteiger partial charge in [0.15, 0.2) is 11.0 Å². The van der Waals surface area contributed by atoms with E-state index in [0.29, 0.717) is 22.5 Å². The highest BCUT2D eigenvalue weighted by Gasteiger charge is 2.24. The van der Waals surface area contributed by atoms with Crippen molar-refractivity contribution in [3.63, 3.8) is 0 Å². The zero-order valence-corrected chi connectivity index (χ0v) is 20.3. The van der Waals surface area contributed by atoms with Crippen LogP contribution in [0.5, 0.6) is 0 Å². The lowest BCUT2D eigenvalue weighted by Gasteiger charge is -2.22. The molecule has 7 heteroatoms. The molecular weight excluding hydrogens is 464 g/mol. The number of benzene rings is 3. The molecule has 3 aromatic carbocycles. The van der Waals surface area contributed by atoms with Crippen molar-refractivity contribution in [2.45, 2.75) is 29.9 Å². The van der Waals surface area contributed by atoms with Crippen LogP contribution in [0.1, 0.15) is 24.1 Å². The summed E-state index contributed by atoms with van der Waals surface area (Å²) in [7, 11) is 0. The third-order valence-corrected chi connectivity index (χ3v) is 6.67. The van der Waals surface area contributed by atoms with E-state index >= 15 is 0 Å². The maximum absolute atomic E-state index is 13.3. The van der Waals surface area contributed by atoms with Crippen LogP contribution in [-0.4, -0.2) is 25.9 Å². The van der Waals surface area contributed by atoms with Gasteiger partial charge in [-0.05, 0) is 42.3 Å². The molecule has 0 aliphatic rings. The molecule has 1 heterocycles. The van der Waals surface area contributed by atoms with Crippen molar-refractivity contribution < 1.29 is 4.79 Å². The molecule has 0 aliphatic heterocycles. The molecule has 0 aliphatic carbocycles. The van der Waals surface area contributed by atoms with E-state index in [1.54, 1.807) is 6.08 Å². The second kappa shape index (κ2) is 11.2. The molecule has 1 aromatic heterocycles. The number of hydrogen-bond donors (Lipinski definition) is 1. The number of nitrogens with zero attached hydrogens (tertiary/aromatic N) is 3. The molecule has 34 heavy (non-hydrogen) atoms. The summed E-state index contributed by atoms with van der Waals surface area (Å²) in [5.74, 6) is 0.627. The Morgan fingerprint density at radius 1 is 1.00 bits per heavy atom. The normalized spacial score (nSPS) is 11.9. The molecule has 1 atom stereocenters. The maximum atomic E-state index is 13.3. The van der Waals surface area contributed by atoms with Gasteiger partial charge in [0.25, 0.3) is 0 Å². The lowest BCUT2D eigenvalue weighted by Crippen LogP contribution is -2.35. The second-order valence-electron chi connectivity index (χ2n) is 7.74. The molecule has 4 aromatic rings. The van der Waals surface area contributed by atoms with Gasteiger partial charge in [-0.15, -0.1) is 16.8 Å². The molecule has 0 fully saturated rings. The Labute approximate surface area is 208 Å². The summed E-state index contributed by atoms with van der Waals surface area (Å²) >= 11 is 7.40. The van der Waals surface area contributed by atoms with Crippen molar-refractivity contribution in [1.82, 2.24) is 20.1 Å². The average Bonchev–Trinajstić information content (AvgIpc) is 3.26. The fourth-order valence-corrected chi connectivity index (χ4v) is 4.60. The standard InChI is InChI=1S/C27H25ClN4OS/c1-3-18-32-25(22-14-16-23(28)17-15-22)30-31-27(32)34-19(2)26(33)29-24(20-10-6-4-7-11-20)21-12-8-5-9-13-21/h3-17,19,24H,1,18H2,2H3,(H,29,33). The molecule has 5 nitrogen and oxygen atoms in total. The SMILES string of the molecule is C=CCn1c(SC(C)C(=O)NC(c2ccccc2)c2ccccc2)nnc1-c1ccc(Cl)cc1. The molecule has 0 radical (unpaired) electrons. The highest BCUT2D eigenvalue weighted by atomic mass is 35.5. The number of aromatic nitrogens is 3. The number of thioether (sulfide) groups is 1. The quantitative estimate of drug-likeness (QED) is 0.226. The first-order valence-corrected chi connectivity index (χ1v) is 12.2. The van der Waals surface area contributed by atoms with Crippen LogP contribution in [0.25, 0.3) is 11.4 Å². The van der Waals surface area contributed by atoms with Crippen LogP contribution in [0.3, 0.4) is 0 Å². The Morgan fingerprint density at radius 3 is 2.15 bits per heavy atom. The van der Waals surface area contributed by atoms with Crippen LogP contribution in [0, 0.1) is 0 Å². The first-order valence-electron chi connectivity index (χ1n) is 10.9. The summed E-state index contributed by atoms with van der Waals surface area (Å²) in [5.41, 5.74) is 2.95. The number of carbonyl (C=O) groups excluding carboxylic acids is 1. The van der Waals surface area contributed by atoms with Gasteiger partial charge in [-0.3, -0.25) is 9.36 Å². The number of carbonyl (C=O) groups is 1. The number of nitrogens with one attached hydrogen (secondary N) is 1. The van der Waals surface area contributed by atoms with Gasteiger partial charge in [-0.2, -0.15) is 0 Å². The molecule has 0 spiro atoms. The van der Waals surface area contributed by atoms with Gasteiger partial charge in [0.05, 0.1) is 11.3 Å². The summed E-state index contributed by atoms with van der Waals surface area (Å²) in [6.07, 6.45) is 1.79. The fourth-order valence-electron chi connectivity index (χ4n) is 3.60. The predicted molar refractivity (Wildman–Crippen MR) is 139 cm³/mol. The predicted octanol–water partition coefficient (Wildman–Crippen LogP) is 6.17. The molecule has 172 valence electrons. The van der Waals surface area contributed by atoms with Gasteiger partial charge < -0.3 is 5.32 Å². The van der Waals surface area contributed by atoms with Gasteiger partial charge in [-0.25, -0.2) is 0 Å². The highest BCUT2D eigenvalue weighted by molar-refractivity contribution is 8.00. The molecular formula is C27H25ClN4OS. The number of allylic oxidation sites excluding steroid dienone is 1. The minimum atomic E-state index is -0.388. The number of halogens is 1. The van der Waals surface area contributed by atoms with Crippen LogP contribution in [0.2, 0.25) is 5.02 Å². The molecule has 1 N–H and O–H groups in total. The summed E-state index contributed by atoms with van der Waals surface area (Å²) in [6, 6.07) is 27.1. The largest absolute Gasteiger partial charge is 0.344 e. The van der Waals surface area contributed by atoms with E-state index < -0.39 is 0 Å². The maximum Gasteiger partial charge on any atom is 0.234 e. The molecule has 4 rings (SSSR count). The summed E-state index contributed by atoms with van der Waals surface area (Å²) in [4.78, 5) is 13.3. The molecule has 0 saturated heterocycles. The molecule has 1 unspecified atom stereocenters. The van der Waals surface area contributed by atoms with Crippen molar-refractivity contribution >= 4 is 29.3 Å². The van der Waals surface area contributed by atoms with Crippen LogP contribution in [0.4, 0.5) is 0 Å². The van der Waals surface area contributed by atoms with E-state index in [-0.39, 0.29) is 17.2 Å². The summed E-state index contributed by atoms with van der Waals surface area (Å²) in [5, 5.41) is 12.9. The number of rotatable bonds is 9. The van der Waals surface area contributed by atoms with Gasteiger partial charge in [0.2, 0.25) is 5.91 Å². The van der Waals surface area contributed by atoms with Gasteiger partial charge >= 0.3 is 0 Å². The third kappa shape index (κ3) is 5.58. The lowest BCUT2D eigenvalue weighted by atomic mass is 9.98. The Bertz CT molecular complexity index is 1200. The van der Waals surface area contributed by atoms with Crippen LogP contribution in [0.15, 0.2) is 103 Å². The van der Waals surface area contributed by atoms with Crippen LogP contribution >= 0.6 is 23.4 Å². The average molecular weight is 489 g/mol. The summed E-state index contributed by atoms with van der Waals surface area (Å²) in [6.45, 7) is 6.26. The third-order valence-electron chi connectivity index (χ3n) is 5.33. The van der Waals surface area contributed by atoms with Gasteiger partial charge in [0.1, 0.15) is 0 Å². The van der Waals surface area contributed by atoms with Crippen LogP contribution in [-0.2, 0) is 11.3 Å². The van der Waals surface area contributed by atoms with E-state index in [2.05, 4.69) is 22.1 Å². The van der Waals surface area contributed by atoms with E-state index in [0.717, 1.165) is 16.7 Å². The fraction of sp³-hybridized carbons (Fsp3) is 0.148. The van der Waals surface area contributed by atoms with Gasteiger partial charge in [-0.1, -0.05) is 90.1 Å². The first-order chi connectivity index (χ1) is 16.6. The molecule has 0 saturated carbocycles. The Hall–Kier alpha value is -3.35. The Kier molecular flexibility index (Phi) is 7.83. The first kappa shape index (κ1) is 23.8.